The highest BCUT2D eigenvalue weighted by Gasteiger charge is 2.31. The lowest BCUT2D eigenvalue weighted by atomic mass is 10.1. The van der Waals surface area contributed by atoms with Crippen LogP contribution in [0.4, 0.5) is 17.6 Å². The van der Waals surface area contributed by atoms with Crippen molar-refractivity contribution in [2.75, 3.05) is 6.54 Å². The van der Waals surface area contributed by atoms with Gasteiger partial charge in [-0.05, 0) is 35.9 Å². The third kappa shape index (κ3) is 6.02. The average molecular weight is 422 g/mol. The van der Waals surface area contributed by atoms with Gasteiger partial charge in [0.05, 0.1) is 6.10 Å². The SMILES string of the molecule is O=C(NCC(O)c1ccc(OC(F)(F)F)cc1)c1cc(F)cc(Br)c1. The molecule has 1 unspecified atom stereocenters. The van der Waals surface area contributed by atoms with Crippen LogP contribution in [0, 0.1) is 5.82 Å². The molecule has 2 aromatic rings. The van der Waals surface area contributed by atoms with Crippen molar-refractivity contribution < 1.29 is 32.2 Å². The smallest absolute Gasteiger partial charge is 0.406 e. The largest absolute Gasteiger partial charge is 0.573 e. The van der Waals surface area contributed by atoms with Gasteiger partial charge < -0.3 is 15.2 Å². The average Bonchev–Trinajstić information content (AvgIpc) is 2.50. The second-order valence-electron chi connectivity index (χ2n) is 5.00. The Hall–Kier alpha value is -2.13. The van der Waals surface area contributed by atoms with Gasteiger partial charge in [0.2, 0.25) is 0 Å². The van der Waals surface area contributed by atoms with Crippen LogP contribution in [0.15, 0.2) is 46.9 Å². The van der Waals surface area contributed by atoms with Gasteiger partial charge in [-0.1, -0.05) is 28.1 Å². The number of nitrogens with one attached hydrogen (secondary N) is 1. The molecule has 0 spiro atoms. The molecule has 0 radical (unpaired) electrons. The molecule has 2 N–H and O–H groups in total. The van der Waals surface area contributed by atoms with Gasteiger partial charge in [0.15, 0.2) is 0 Å². The number of benzene rings is 2. The predicted octanol–water partition coefficient (Wildman–Crippen LogP) is 3.95. The Morgan fingerprint density at radius 2 is 1.84 bits per heavy atom. The van der Waals surface area contributed by atoms with Crippen LogP contribution < -0.4 is 10.1 Å². The molecule has 1 amide bonds. The molecular formula is C16H12BrF4NO3. The van der Waals surface area contributed by atoms with E-state index in [1.54, 1.807) is 0 Å². The molecule has 0 aliphatic carbocycles. The summed E-state index contributed by atoms with van der Waals surface area (Å²) in [5.74, 6) is -1.62. The minimum atomic E-state index is -4.80. The zero-order valence-corrected chi connectivity index (χ0v) is 14.1. The summed E-state index contributed by atoms with van der Waals surface area (Å²) < 4.78 is 53.6. The van der Waals surface area contributed by atoms with Crippen LogP contribution in [-0.2, 0) is 0 Å². The fraction of sp³-hybridized carbons (Fsp3) is 0.188. The Morgan fingerprint density at radius 3 is 2.40 bits per heavy atom. The Bertz CT molecular complexity index is 730. The molecule has 0 saturated carbocycles. The molecule has 2 aromatic carbocycles. The van der Waals surface area contributed by atoms with Crippen LogP contribution in [0.25, 0.3) is 0 Å². The van der Waals surface area contributed by atoms with Crippen molar-refractivity contribution in [3.63, 3.8) is 0 Å². The van der Waals surface area contributed by atoms with Crippen LogP contribution in [-0.4, -0.2) is 23.9 Å². The lowest BCUT2D eigenvalue weighted by Crippen LogP contribution is -2.28. The maximum absolute atomic E-state index is 13.3. The van der Waals surface area contributed by atoms with E-state index in [1.165, 1.54) is 24.3 Å². The maximum Gasteiger partial charge on any atom is 0.573 e. The van der Waals surface area contributed by atoms with E-state index in [0.717, 1.165) is 18.2 Å². The monoisotopic (exact) mass is 421 g/mol. The van der Waals surface area contributed by atoms with Gasteiger partial charge in [0.1, 0.15) is 11.6 Å². The molecule has 0 heterocycles. The van der Waals surface area contributed by atoms with Crippen molar-refractivity contribution in [3.8, 4) is 5.75 Å². The summed E-state index contributed by atoms with van der Waals surface area (Å²) in [6.45, 7) is -0.202. The van der Waals surface area contributed by atoms with E-state index < -0.39 is 29.9 Å². The number of aliphatic hydroxyl groups is 1. The number of hydrogen-bond acceptors (Lipinski definition) is 3. The Kier molecular flexibility index (Phi) is 6.02. The number of hydrogen-bond donors (Lipinski definition) is 2. The van der Waals surface area contributed by atoms with Crippen molar-refractivity contribution in [3.05, 3.63) is 63.9 Å². The summed E-state index contributed by atoms with van der Waals surface area (Å²) in [7, 11) is 0. The minimum Gasteiger partial charge on any atom is -0.406 e. The first kappa shape index (κ1) is 19.2. The fourth-order valence-corrected chi connectivity index (χ4v) is 2.45. The minimum absolute atomic E-state index is 0.0630. The third-order valence-corrected chi connectivity index (χ3v) is 3.54. The van der Waals surface area contributed by atoms with E-state index in [-0.39, 0.29) is 17.7 Å². The topological polar surface area (TPSA) is 58.6 Å². The predicted molar refractivity (Wildman–Crippen MR) is 84.5 cm³/mol. The lowest BCUT2D eigenvalue weighted by molar-refractivity contribution is -0.274. The molecule has 0 aromatic heterocycles. The molecule has 25 heavy (non-hydrogen) atoms. The second kappa shape index (κ2) is 7.83. The van der Waals surface area contributed by atoms with Gasteiger partial charge in [-0.2, -0.15) is 0 Å². The van der Waals surface area contributed by atoms with Gasteiger partial charge in [-0.15, -0.1) is 13.2 Å². The maximum atomic E-state index is 13.3. The molecule has 4 nitrogen and oxygen atoms in total. The molecule has 0 fully saturated rings. The highest BCUT2D eigenvalue weighted by molar-refractivity contribution is 9.10. The highest BCUT2D eigenvalue weighted by atomic mass is 79.9. The van der Waals surface area contributed by atoms with Crippen LogP contribution >= 0.6 is 15.9 Å². The molecule has 0 aliphatic heterocycles. The normalized spacial score (nSPS) is 12.6. The molecule has 0 saturated heterocycles. The van der Waals surface area contributed by atoms with Crippen LogP contribution in [0.1, 0.15) is 22.0 Å². The summed E-state index contributed by atoms with van der Waals surface area (Å²) in [6.07, 6.45) is -5.95. The molecule has 1 atom stereocenters. The van der Waals surface area contributed by atoms with Crippen LogP contribution in [0.3, 0.4) is 0 Å². The van der Waals surface area contributed by atoms with E-state index >= 15 is 0 Å². The molecule has 0 aliphatic rings. The van der Waals surface area contributed by atoms with E-state index in [9.17, 15) is 27.5 Å². The van der Waals surface area contributed by atoms with Crippen molar-refractivity contribution in [1.29, 1.82) is 0 Å². The number of carbonyl (C=O) groups excluding carboxylic acids is 1. The number of halogens is 5. The second-order valence-corrected chi connectivity index (χ2v) is 5.92. The fourth-order valence-electron chi connectivity index (χ4n) is 1.99. The van der Waals surface area contributed by atoms with Gasteiger partial charge in [-0.25, -0.2) is 4.39 Å². The summed E-state index contributed by atoms with van der Waals surface area (Å²) in [5.41, 5.74) is 0.350. The zero-order valence-electron chi connectivity index (χ0n) is 12.5. The van der Waals surface area contributed by atoms with E-state index in [1.807, 2.05) is 0 Å². The Morgan fingerprint density at radius 1 is 1.20 bits per heavy atom. The number of alkyl halides is 3. The Labute approximate surface area is 148 Å². The Balaban J connectivity index is 1.95. The number of amides is 1. The van der Waals surface area contributed by atoms with Crippen molar-refractivity contribution in [2.45, 2.75) is 12.5 Å². The van der Waals surface area contributed by atoms with Crippen molar-refractivity contribution >= 4 is 21.8 Å². The summed E-state index contributed by atoms with van der Waals surface area (Å²) >= 11 is 3.06. The number of aliphatic hydroxyl groups excluding tert-OH is 1. The van der Waals surface area contributed by atoms with Crippen LogP contribution in [0.2, 0.25) is 0 Å². The summed E-state index contributed by atoms with van der Waals surface area (Å²) in [6, 6.07) is 8.24. The van der Waals surface area contributed by atoms with Crippen molar-refractivity contribution in [2.24, 2.45) is 0 Å². The molecule has 9 heteroatoms. The van der Waals surface area contributed by atoms with Gasteiger partial charge in [-0.3, -0.25) is 4.79 Å². The van der Waals surface area contributed by atoms with E-state index in [4.69, 9.17) is 0 Å². The molecular weight excluding hydrogens is 410 g/mol. The van der Waals surface area contributed by atoms with E-state index in [0.29, 0.717) is 4.47 Å². The quantitative estimate of drug-likeness (QED) is 0.718. The van der Waals surface area contributed by atoms with Crippen LogP contribution in [0.5, 0.6) is 5.75 Å². The first-order valence-electron chi connectivity index (χ1n) is 6.92. The third-order valence-electron chi connectivity index (χ3n) is 3.08. The summed E-state index contributed by atoms with van der Waals surface area (Å²) in [4.78, 5) is 11.9. The van der Waals surface area contributed by atoms with Gasteiger partial charge in [0.25, 0.3) is 5.91 Å². The van der Waals surface area contributed by atoms with Gasteiger partial charge in [0, 0.05) is 16.6 Å². The summed E-state index contributed by atoms with van der Waals surface area (Å²) in [5, 5.41) is 12.4. The lowest BCUT2D eigenvalue weighted by Gasteiger charge is -2.14. The number of rotatable bonds is 5. The van der Waals surface area contributed by atoms with Crippen molar-refractivity contribution in [1.82, 2.24) is 5.32 Å². The first-order valence-corrected chi connectivity index (χ1v) is 7.71. The number of carbonyl (C=O) groups is 1. The number of ether oxygens (including phenoxy) is 1. The van der Waals surface area contributed by atoms with E-state index in [2.05, 4.69) is 26.0 Å². The molecule has 134 valence electrons. The zero-order chi connectivity index (χ0) is 18.6. The first-order chi connectivity index (χ1) is 11.6. The highest BCUT2D eigenvalue weighted by Crippen LogP contribution is 2.24. The molecule has 2 rings (SSSR count). The standard InChI is InChI=1S/C16H12BrF4NO3/c17-11-5-10(6-12(18)7-11)15(24)22-8-14(23)9-1-3-13(4-2-9)25-16(19,20)21/h1-7,14,23H,8H2,(H,22,24). The molecule has 0 bridgehead atoms. The van der Waals surface area contributed by atoms with Gasteiger partial charge >= 0.3 is 6.36 Å².